The molecule has 7 heteroatoms. The first-order valence-electron chi connectivity index (χ1n) is 7.59. The molecule has 0 aromatic carbocycles. The lowest BCUT2D eigenvalue weighted by atomic mass is 10.2. The molecule has 0 aliphatic carbocycles. The Bertz CT molecular complexity index is 372. The highest BCUT2D eigenvalue weighted by molar-refractivity contribution is 5.74. The highest BCUT2D eigenvalue weighted by Crippen LogP contribution is 2.14. The normalized spacial score (nSPS) is 27.7. The van der Waals surface area contributed by atoms with Crippen molar-refractivity contribution in [3.05, 3.63) is 0 Å². The third-order valence-corrected chi connectivity index (χ3v) is 3.97. The Morgan fingerprint density at radius 2 is 1.62 bits per heavy atom. The SMILES string of the molecule is C[C@@H]1CN(C(=O)N2CCN(CCC(=O)O)CC2)C[C@H](C)O1. The molecule has 0 saturated carbocycles. The highest BCUT2D eigenvalue weighted by atomic mass is 16.5. The van der Waals surface area contributed by atoms with Crippen molar-refractivity contribution in [3.8, 4) is 0 Å². The molecule has 0 unspecified atom stereocenters. The summed E-state index contributed by atoms with van der Waals surface area (Å²) in [6, 6.07) is 0.0786. The van der Waals surface area contributed by atoms with Crippen molar-refractivity contribution in [2.45, 2.75) is 32.5 Å². The number of morpholine rings is 1. The van der Waals surface area contributed by atoms with E-state index in [1.165, 1.54) is 0 Å². The monoisotopic (exact) mass is 299 g/mol. The Hall–Kier alpha value is -1.34. The van der Waals surface area contributed by atoms with Gasteiger partial charge in [0.1, 0.15) is 0 Å². The van der Waals surface area contributed by atoms with Gasteiger partial charge in [0.25, 0.3) is 0 Å². The Morgan fingerprint density at radius 1 is 1.05 bits per heavy atom. The van der Waals surface area contributed by atoms with Crippen molar-refractivity contribution in [1.82, 2.24) is 14.7 Å². The lowest BCUT2D eigenvalue weighted by Gasteiger charge is -2.41. The molecule has 2 saturated heterocycles. The summed E-state index contributed by atoms with van der Waals surface area (Å²) < 4.78 is 5.65. The highest BCUT2D eigenvalue weighted by Gasteiger charge is 2.30. The largest absolute Gasteiger partial charge is 0.481 e. The maximum absolute atomic E-state index is 12.5. The fourth-order valence-electron chi connectivity index (χ4n) is 2.95. The molecule has 0 spiro atoms. The van der Waals surface area contributed by atoms with E-state index in [-0.39, 0.29) is 24.7 Å². The van der Waals surface area contributed by atoms with E-state index in [4.69, 9.17) is 9.84 Å². The molecule has 2 aliphatic rings. The van der Waals surface area contributed by atoms with Crippen LogP contribution in [0.4, 0.5) is 4.79 Å². The van der Waals surface area contributed by atoms with Gasteiger partial charge in [-0.2, -0.15) is 0 Å². The summed E-state index contributed by atoms with van der Waals surface area (Å²) >= 11 is 0. The smallest absolute Gasteiger partial charge is 0.320 e. The van der Waals surface area contributed by atoms with Gasteiger partial charge in [0.2, 0.25) is 0 Å². The van der Waals surface area contributed by atoms with E-state index in [1.807, 2.05) is 23.6 Å². The molecule has 2 amide bonds. The van der Waals surface area contributed by atoms with E-state index in [2.05, 4.69) is 4.90 Å². The van der Waals surface area contributed by atoms with E-state index in [1.54, 1.807) is 0 Å². The van der Waals surface area contributed by atoms with Crippen LogP contribution in [0.1, 0.15) is 20.3 Å². The molecule has 0 aromatic heterocycles. The number of hydrogen-bond acceptors (Lipinski definition) is 4. The Morgan fingerprint density at radius 3 is 2.14 bits per heavy atom. The van der Waals surface area contributed by atoms with Gasteiger partial charge in [-0.1, -0.05) is 0 Å². The van der Waals surface area contributed by atoms with Gasteiger partial charge in [0.05, 0.1) is 18.6 Å². The molecule has 0 aromatic rings. The number of ether oxygens (including phenoxy) is 1. The van der Waals surface area contributed by atoms with E-state index in [0.29, 0.717) is 32.7 Å². The summed E-state index contributed by atoms with van der Waals surface area (Å²) in [5.74, 6) is -0.773. The third kappa shape index (κ3) is 4.57. The second-order valence-electron chi connectivity index (χ2n) is 5.92. The van der Waals surface area contributed by atoms with Crippen LogP contribution in [0.5, 0.6) is 0 Å². The molecule has 0 bridgehead atoms. The average molecular weight is 299 g/mol. The number of nitrogens with zero attached hydrogens (tertiary/aromatic N) is 3. The zero-order valence-electron chi connectivity index (χ0n) is 12.8. The number of carbonyl (C=O) groups is 2. The number of piperazine rings is 1. The van der Waals surface area contributed by atoms with Crippen LogP contribution < -0.4 is 0 Å². The molecule has 2 rings (SSSR count). The van der Waals surface area contributed by atoms with Crippen molar-refractivity contribution in [2.75, 3.05) is 45.8 Å². The Balaban J connectivity index is 1.78. The summed E-state index contributed by atoms with van der Waals surface area (Å²) in [4.78, 5) is 28.9. The lowest BCUT2D eigenvalue weighted by molar-refractivity contribution is -0.137. The standard InChI is InChI=1S/C14H25N3O4/c1-11-9-17(10-12(2)21-11)14(20)16-7-5-15(6-8-16)4-3-13(18)19/h11-12H,3-10H2,1-2H3,(H,18,19)/t11-,12+. The van der Waals surface area contributed by atoms with Crippen molar-refractivity contribution in [1.29, 1.82) is 0 Å². The molecular weight excluding hydrogens is 274 g/mol. The van der Waals surface area contributed by atoms with Gasteiger partial charge < -0.3 is 19.6 Å². The lowest BCUT2D eigenvalue weighted by Crippen LogP contribution is -2.57. The van der Waals surface area contributed by atoms with Gasteiger partial charge in [0.15, 0.2) is 0 Å². The second-order valence-corrected chi connectivity index (χ2v) is 5.92. The fourth-order valence-corrected chi connectivity index (χ4v) is 2.95. The molecule has 1 N–H and O–H groups in total. The number of rotatable bonds is 3. The summed E-state index contributed by atoms with van der Waals surface area (Å²) in [5, 5.41) is 8.69. The summed E-state index contributed by atoms with van der Waals surface area (Å²) in [6.07, 6.45) is 0.316. The van der Waals surface area contributed by atoms with Crippen LogP contribution in [-0.2, 0) is 9.53 Å². The van der Waals surface area contributed by atoms with Gasteiger partial charge >= 0.3 is 12.0 Å². The molecule has 0 radical (unpaired) electrons. The van der Waals surface area contributed by atoms with Crippen LogP contribution in [0, 0.1) is 0 Å². The molecule has 2 fully saturated rings. The predicted octanol–water partition coefficient (Wildman–Crippen LogP) is 0.308. The van der Waals surface area contributed by atoms with Gasteiger partial charge in [-0.15, -0.1) is 0 Å². The average Bonchev–Trinajstić information content (AvgIpc) is 2.44. The van der Waals surface area contributed by atoms with Crippen LogP contribution in [0.25, 0.3) is 0 Å². The summed E-state index contributed by atoms with van der Waals surface area (Å²) in [7, 11) is 0. The quantitative estimate of drug-likeness (QED) is 0.812. The van der Waals surface area contributed by atoms with E-state index < -0.39 is 5.97 Å². The third-order valence-electron chi connectivity index (χ3n) is 3.97. The Kier molecular flexibility index (Phi) is 5.41. The zero-order chi connectivity index (χ0) is 15.4. The number of carbonyl (C=O) groups excluding carboxylic acids is 1. The maximum Gasteiger partial charge on any atom is 0.320 e. The molecule has 7 nitrogen and oxygen atoms in total. The number of carboxylic acids is 1. The molecular formula is C14H25N3O4. The number of amides is 2. The molecule has 2 atom stereocenters. The van der Waals surface area contributed by atoms with Crippen LogP contribution in [0.3, 0.4) is 0 Å². The minimum Gasteiger partial charge on any atom is -0.481 e. The number of carboxylic acid groups (broad SMARTS) is 1. The number of hydrogen-bond donors (Lipinski definition) is 1. The number of urea groups is 1. The first-order chi connectivity index (χ1) is 9.95. The second kappa shape index (κ2) is 7.09. The van der Waals surface area contributed by atoms with Crippen molar-refractivity contribution in [3.63, 3.8) is 0 Å². The fraction of sp³-hybridized carbons (Fsp3) is 0.857. The summed E-state index contributed by atoms with van der Waals surface area (Å²) in [6.45, 7) is 8.63. The molecule has 2 aliphatic heterocycles. The van der Waals surface area contributed by atoms with E-state index in [0.717, 1.165) is 13.1 Å². The minimum absolute atomic E-state index is 0.0783. The van der Waals surface area contributed by atoms with Crippen LogP contribution in [-0.4, -0.2) is 89.8 Å². The molecule has 2 heterocycles. The first-order valence-corrected chi connectivity index (χ1v) is 7.59. The maximum atomic E-state index is 12.5. The van der Waals surface area contributed by atoms with E-state index in [9.17, 15) is 9.59 Å². The zero-order valence-corrected chi connectivity index (χ0v) is 12.8. The van der Waals surface area contributed by atoms with E-state index >= 15 is 0 Å². The topological polar surface area (TPSA) is 73.3 Å². The van der Waals surface area contributed by atoms with Gasteiger partial charge in [-0.25, -0.2) is 4.79 Å². The van der Waals surface area contributed by atoms with Crippen LogP contribution in [0.2, 0.25) is 0 Å². The van der Waals surface area contributed by atoms with Gasteiger partial charge in [-0.05, 0) is 13.8 Å². The van der Waals surface area contributed by atoms with Crippen molar-refractivity contribution >= 4 is 12.0 Å². The number of aliphatic carboxylic acids is 1. The van der Waals surface area contributed by atoms with Gasteiger partial charge in [-0.3, -0.25) is 9.69 Å². The molecule has 21 heavy (non-hydrogen) atoms. The minimum atomic E-state index is -0.773. The first kappa shape index (κ1) is 16.0. The Labute approximate surface area is 125 Å². The van der Waals surface area contributed by atoms with Crippen molar-refractivity contribution in [2.24, 2.45) is 0 Å². The predicted molar refractivity (Wildman–Crippen MR) is 77.2 cm³/mol. The molecule has 120 valence electrons. The van der Waals surface area contributed by atoms with Crippen LogP contribution in [0.15, 0.2) is 0 Å². The summed E-state index contributed by atoms with van der Waals surface area (Å²) in [5.41, 5.74) is 0. The van der Waals surface area contributed by atoms with Gasteiger partial charge in [0, 0.05) is 45.8 Å². The van der Waals surface area contributed by atoms with Crippen molar-refractivity contribution < 1.29 is 19.4 Å². The van der Waals surface area contributed by atoms with Crippen LogP contribution >= 0.6 is 0 Å².